The van der Waals surface area contributed by atoms with E-state index in [0.29, 0.717) is 11.4 Å². The summed E-state index contributed by atoms with van der Waals surface area (Å²) in [5, 5.41) is 4.35. The van der Waals surface area contributed by atoms with Crippen molar-refractivity contribution in [1.29, 1.82) is 0 Å². The van der Waals surface area contributed by atoms with Crippen molar-refractivity contribution in [3.63, 3.8) is 0 Å². The maximum absolute atomic E-state index is 5.44. The summed E-state index contributed by atoms with van der Waals surface area (Å²) in [6.07, 6.45) is 5.03. The summed E-state index contributed by atoms with van der Waals surface area (Å²) in [5.41, 5.74) is 3.69. The highest BCUT2D eigenvalue weighted by Crippen LogP contribution is 2.42. The first-order valence-electron chi connectivity index (χ1n) is 12.5. The number of benzene rings is 1. The van der Waals surface area contributed by atoms with Gasteiger partial charge in [-0.05, 0) is 24.6 Å². The van der Waals surface area contributed by atoms with Crippen LogP contribution in [0.25, 0.3) is 10.9 Å². The Kier molecular flexibility index (Phi) is 6.13. The largest absolute Gasteiger partial charge is 0.383 e. The molecular weight excluding hydrogens is 442 g/mol. The van der Waals surface area contributed by atoms with Gasteiger partial charge in [-0.15, -0.1) is 0 Å². The number of para-hydroxylation sites is 1. The summed E-state index contributed by atoms with van der Waals surface area (Å²) in [5.74, 6) is 1.31. The molecule has 3 aromatic rings. The molecule has 0 bridgehead atoms. The predicted octanol–water partition coefficient (Wildman–Crippen LogP) is 2.76. The van der Waals surface area contributed by atoms with Gasteiger partial charge in [0.05, 0.1) is 42.9 Å². The third kappa shape index (κ3) is 4.63. The van der Waals surface area contributed by atoms with Gasteiger partial charge in [-0.2, -0.15) is 0 Å². The average Bonchev–Trinajstić information content (AvgIpc) is 3.33. The van der Waals surface area contributed by atoms with Crippen LogP contribution in [0.15, 0.2) is 42.7 Å². The monoisotopic (exact) mass is 475 g/mol. The van der Waals surface area contributed by atoms with Crippen molar-refractivity contribution in [1.82, 2.24) is 19.9 Å². The number of likely N-dealkylation sites (tertiary alicyclic amines) is 1. The molecule has 3 saturated heterocycles. The van der Waals surface area contributed by atoms with E-state index in [1.54, 1.807) is 7.11 Å². The summed E-state index contributed by atoms with van der Waals surface area (Å²) >= 11 is 0. The van der Waals surface area contributed by atoms with Gasteiger partial charge in [0.2, 0.25) is 5.95 Å². The molecule has 35 heavy (non-hydrogen) atoms. The Bertz CT molecular complexity index is 1160. The van der Waals surface area contributed by atoms with Crippen LogP contribution in [0, 0.1) is 5.41 Å². The van der Waals surface area contributed by atoms with E-state index in [1.807, 2.05) is 18.5 Å². The molecule has 184 valence electrons. The van der Waals surface area contributed by atoms with Crippen LogP contribution < -0.4 is 15.1 Å². The lowest BCUT2D eigenvalue weighted by Crippen LogP contribution is -2.58. The lowest BCUT2D eigenvalue weighted by atomic mass is 9.79. The first-order valence-corrected chi connectivity index (χ1v) is 12.5. The number of nitrogens with one attached hydrogen (secondary N) is 1. The Hall–Kier alpha value is -3.01. The topological polar surface area (TPSA) is 78.9 Å². The molecule has 6 rings (SSSR count). The van der Waals surface area contributed by atoms with Crippen molar-refractivity contribution < 1.29 is 9.47 Å². The molecule has 0 radical (unpaired) electrons. The second-order valence-electron chi connectivity index (χ2n) is 9.91. The van der Waals surface area contributed by atoms with Crippen LogP contribution in [0.5, 0.6) is 0 Å². The fourth-order valence-electron chi connectivity index (χ4n) is 5.62. The summed E-state index contributed by atoms with van der Waals surface area (Å²) in [6.45, 7) is 9.60. The number of methoxy groups -OCH3 is 1. The predicted molar refractivity (Wildman–Crippen MR) is 138 cm³/mol. The number of hydrogen-bond acceptors (Lipinski definition) is 9. The van der Waals surface area contributed by atoms with E-state index < -0.39 is 0 Å². The van der Waals surface area contributed by atoms with E-state index in [0.717, 1.165) is 88.0 Å². The summed E-state index contributed by atoms with van der Waals surface area (Å²) in [4.78, 5) is 21.4. The van der Waals surface area contributed by atoms with Gasteiger partial charge in [-0.25, -0.2) is 15.0 Å². The molecule has 0 unspecified atom stereocenters. The lowest BCUT2D eigenvalue weighted by molar-refractivity contribution is 0.00147. The Labute approximate surface area is 206 Å². The minimum atomic E-state index is 0.399. The zero-order valence-electron chi connectivity index (χ0n) is 20.3. The van der Waals surface area contributed by atoms with E-state index in [1.165, 1.54) is 12.1 Å². The number of aromatic nitrogens is 3. The van der Waals surface area contributed by atoms with Crippen LogP contribution in [-0.2, 0) is 9.47 Å². The molecule has 0 atom stereocenters. The van der Waals surface area contributed by atoms with Crippen molar-refractivity contribution in [3.8, 4) is 0 Å². The third-order valence-corrected chi connectivity index (χ3v) is 7.46. The van der Waals surface area contributed by atoms with Crippen LogP contribution >= 0.6 is 0 Å². The van der Waals surface area contributed by atoms with Crippen molar-refractivity contribution in [3.05, 3.63) is 42.7 Å². The van der Waals surface area contributed by atoms with Crippen molar-refractivity contribution in [2.45, 2.75) is 6.42 Å². The second kappa shape index (κ2) is 9.56. The Morgan fingerprint density at radius 2 is 1.89 bits per heavy atom. The highest BCUT2D eigenvalue weighted by Gasteiger charge is 2.47. The van der Waals surface area contributed by atoms with Crippen LogP contribution in [-0.4, -0.2) is 92.6 Å². The molecule has 1 aromatic carbocycles. The summed E-state index contributed by atoms with van der Waals surface area (Å²) in [7, 11) is 1.77. The molecule has 3 aliphatic heterocycles. The molecule has 0 aliphatic carbocycles. The Morgan fingerprint density at radius 1 is 1.00 bits per heavy atom. The van der Waals surface area contributed by atoms with E-state index in [4.69, 9.17) is 14.5 Å². The molecule has 3 aliphatic rings. The molecule has 1 N–H and O–H groups in total. The van der Waals surface area contributed by atoms with Crippen LogP contribution in [0.2, 0.25) is 0 Å². The number of fused-ring (bicyclic) bond motifs is 1. The van der Waals surface area contributed by atoms with E-state index in [2.05, 4.69) is 54.2 Å². The summed E-state index contributed by atoms with van der Waals surface area (Å²) < 4.78 is 10.7. The quantitative estimate of drug-likeness (QED) is 0.555. The Morgan fingerprint density at radius 3 is 2.69 bits per heavy atom. The highest BCUT2D eigenvalue weighted by atomic mass is 16.5. The van der Waals surface area contributed by atoms with Gasteiger partial charge >= 0.3 is 0 Å². The van der Waals surface area contributed by atoms with Crippen LogP contribution in [0.1, 0.15) is 6.42 Å². The molecule has 9 nitrogen and oxygen atoms in total. The molecule has 2 aromatic heterocycles. The molecular formula is C26H33N7O2. The van der Waals surface area contributed by atoms with Crippen molar-refractivity contribution in [2.24, 2.45) is 5.41 Å². The van der Waals surface area contributed by atoms with Crippen molar-refractivity contribution >= 4 is 34.0 Å². The molecule has 0 saturated carbocycles. The van der Waals surface area contributed by atoms with E-state index >= 15 is 0 Å². The van der Waals surface area contributed by atoms with E-state index in [9.17, 15) is 0 Å². The van der Waals surface area contributed by atoms with Crippen LogP contribution in [0.3, 0.4) is 0 Å². The molecule has 0 amide bonds. The zero-order valence-corrected chi connectivity index (χ0v) is 20.3. The number of morpholine rings is 1. The highest BCUT2D eigenvalue weighted by molar-refractivity contribution is 5.91. The normalized spacial score (nSPS) is 19.9. The SMILES string of the molecule is COCCN1CC2(CCN(c3cccc4cnc(Nc5ccc(N6CCOCC6)cn5)nc34)C2)C1. The number of rotatable bonds is 7. The van der Waals surface area contributed by atoms with Gasteiger partial charge < -0.3 is 24.6 Å². The van der Waals surface area contributed by atoms with E-state index in [-0.39, 0.29) is 0 Å². The Balaban J connectivity index is 1.16. The first kappa shape index (κ1) is 22.5. The number of ether oxygens (including phenoxy) is 2. The minimum absolute atomic E-state index is 0.399. The third-order valence-electron chi connectivity index (χ3n) is 7.46. The van der Waals surface area contributed by atoms with Gasteiger partial charge in [-0.1, -0.05) is 12.1 Å². The van der Waals surface area contributed by atoms with Crippen LogP contribution in [0.4, 0.5) is 23.1 Å². The molecule has 9 heteroatoms. The number of nitrogens with zero attached hydrogens (tertiary/aromatic N) is 6. The van der Waals surface area contributed by atoms with Gasteiger partial charge in [0, 0.05) is 69.9 Å². The standard InChI is InChI=1S/C26H33N7O2/c1-34-12-9-31-17-26(18-31)7-8-33(19-26)22-4-2-3-20-15-28-25(30-24(20)22)29-23-6-5-21(16-27-23)32-10-13-35-14-11-32/h2-6,15-16H,7-14,17-19H2,1H3,(H,27,28,29,30). The molecule has 5 heterocycles. The molecule has 3 fully saturated rings. The smallest absolute Gasteiger partial charge is 0.228 e. The zero-order chi connectivity index (χ0) is 23.7. The first-order chi connectivity index (χ1) is 17.2. The fourth-order valence-corrected chi connectivity index (χ4v) is 5.62. The number of pyridine rings is 1. The fraction of sp³-hybridized carbons (Fsp3) is 0.500. The van der Waals surface area contributed by atoms with Gasteiger partial charge in [0.1, 0.15) is 5.82 Å². The average molecular weight is 476 g/mol. The minimum Gasteiger partial charge on any atom is -0.383 e. The van der Waals surface area contributed by atoms with Gasteiger partial charge in [-0.3, -0.25) is 4.90 Å². The second-order valence-corrected chi connectivity index (χ2v) is 9.91. The molecule has 1 spiro atoms. The number of hydrogen-bond donors (Lipinski definition) is 1. The van der Waals surface area contributed by atoms with Crippen molar-refractivity contribution in [2.75, 3.05) is 87.9 Å². The summed E-state index contributed by atoms with van der Waals surface area (Å²) in [6, 6.07) is 10.5. The lowest BCUT2D eigenvalue weighted by Gasteiger charge is -2.48. The maximum atomic E-state index is 5.44. The number of anilines is 4. The van der Waals surface area contributed by atoms with Gasteiger partial charge in [0.15, 0.2) is 0 Å². The van der Waals surface area contributed by atoms with Gasteiger partial charge in [0.25, 0.3) is 0 Å². The maximum Gasteiger partial charge on any atom is 0.228 e.